The first-order valence-electron chi connectivity index (χ1n) is 8.37. The lowest BCUT2D eigenvalue weighted by atomic mass is 10.0. The molecule has 1 N–H and O–H groups in total. The molecule has 2 rings (SSSR count). The fourth-order valence-corrected chi connectivity index (χ4v) is 3.00. The molecule has 0 aliphatic carbocycles. The van der Waals surface area contributed by atoms with Gasteiger partial charge in [-0.3, -0.25) is 15.0 Å². The van der Waals surface area contributed by atoms with Gasteiger partial charge in [-0.2, -0.15) is 0 Å². The van der Waals surface area contributed by atoms with E-state index < -0.39 is 28.6 Å². The Kier molecular flexibility index (Phi) is 5.81. The average Bonchev–Trinajstić information content (AvgIpc) is 2.54. The first kappa shape index (κ1) is 19.6. The first-order valence-corrected chi connectivity index (χ1v) is 8.37. The van der Waals surface area contributed by atoms with Crippen molar-refractivity contribution >= 4 is 17.7 Å². The number of hydrogen-bond acceptors (Lipinski definition) is 6. The zero-order valence-corrected chi connectivity index (χ0v) is 15.1. The summed E-state index contributed by atoms with van der Waals surface area (Å²) in [5, 5.41) is 22.9. The second kappa shape index (κ2) is 7.69. The summed E-state index contributed by atoms with van der Waals surface area (Å²) in [6, 6.07) is 4.60. The SMILES string of the molecule is CC(C)(C)OC(=O)N1CC[NH+]([C@H](C(=O)[O-])c2ccccc2[N+](=O)[O-])CC1. The second-order valence-corrected chi connectivity index (χ2v) is 7.19. The Balaban J connectivity index is 2.14. The number of nitro benzene ring substituents is 1. The van der Waals surface area contributed by atoms with Gasteiger partial charge in [-0.1, -0.05) is 12.1 Å². The number of rotatable bonds is 4. The van der Waals surface area contributed by atoms with Gasteiger partial charge < -0.3 is 19.5 Å². The molecule has 1 fully saturated rings. The minimum atomic E-state index is -1.37. The number of para-hydroxylation sites is 1. The third-order valence-corrected chi connectivity index (χ3v) is 4.15. The summed E-state index contributed by atoms with van der Waals surface area (Å²) < 4.78 is 5.32. The molecule has 1 heterocycles. The number of quaternary nitrogens is 1. The minimum Gasteiger partial charge on any atom is -0.544 e. The van der Waals surface area contributed by atoms with Crippen LogP contribution in [0.15, 0.2) is 24.3 Å². The van der Waals surface area contributed by atoms with E-state index in [0.717, 1.165) is 0 Å². The average molecular weight is 365 g/mol. The summed E-state index contributed by atoms with van der Waals surface area (Å²) in [6.45, 7) is 6.56. The van der Waals surface area contributed by atoms with Gasteiger partial charge in [0, 0.05) is 6.07 Å². The number of amides is 1. The lowest BCUT2D eigenvalue weighted by molar-refractivity contribution is -0.928. The molecule has 1 aromatic carbocycles. The normalized spacial score (nSPS) is 16.8. The van der Waals surface area contributed by atoms with Gasteiger partial charge >= 0.3 is 6.09 Å². The smallest absolute Gasteiger partial charge is 0.410 e. The Morgan fingerprint density at radius 3 is 2.31 bits per heavy atom. The van der Waals surface area contributed by atoms with Gasteiger partial charge in [0.2, 0.25) is 0 Å². The quantitative estimate of drug-likeness (QED) is 0.569. The summed E-state index contributed by atoms with van der Waals surface area (Å²) in [4.78, 5) is 36.6. The van der Waals surface area contributed by atoms with Gasteiger partial charge in [-0.05, 0) is 26.8 Å². The number of carbonyl (C=O) groups excluding carboxylic acids is 2. The van der Waals surface area contributed by atoms with Gasteiger partial charge in [0.05, 0.1) is 36.7 Å². The Labute approximate surface area is 151 Å². The van der Waals surface area contributed by atoms with Crippen molar-refractivity contribution in [3.8, 4) is 0 Å². The molecule has 1 aromatic rings. The molecule has 1 saturated heterocycles. The number of carbonyl (C=O) groups is 2. The van der Waals surface area contributed by atoms with Gasteiger partial charge in [0.25, 0.3) is 5.69 Å². The number of benzene rings is 1. The molecule has 0 radical (unpaired) electrons. The summed E-state index contributed by atoms with van der Waals surface area (Å²) in [6.07, 6.45) is -0.452. The van der Waals surface area contributed by atoms with Crippen LogP contribution in [0.2, 0.25) is 0 Å². The standard InChI is InChI=1S/C17H23N3O6/c1-17(2,3)26-16(23)19-10-8-18(9-11-19)14(15(21)22)12-6-4-5-7-13(12)20(24)25/h4-7,14H,8-11H2,1-3H3,(H,21,22)/t14-/m0/s1. The topological polar surface area (TPSA) is 117 Å². The van der Waals surface area contributed by atoms with Crippen LogP contribution in [-0.2, 0) is 9.53 Å². The summed E-state index contributed by atoms with van der Waals surface area (Å²) >= 11 is 0. The van der Waals surface area contributed by atoms with E-state index in [-0.39, 0.29) is 11.3 Å². The van der Waals surface area contributed by atoms with Crippen LogP contribution < -0.4 is 10.0 Å². The van der Waals surface area contributed by atoms with Gasteiger partial charge in [-0.25, -0.2) is 4.79 Å². The number of nitrogens with one attached hydrogen (secondary N) is 1. The molecule has 1 aliphatic rings. The molecule has 0 bridgehead atoms. The molecule has 26 heavy (non-hydrogen) atoms. The molecule has 0 spiro atoms. The third-order valence-electron chi connectivity index (χ3n) is 4.15. The molecule has 1 atom stereocenters. The van der Waals surface area contributed by atoms with E-state index in [1.54, 1.807) is 26.8 Å². The molecule has 9 nitrogen and oxygen atoms in total. The molecular formula is C17H23N3O6. The molecule has 1 aliphatic heterocycles. The van der Waals surface area contributed by atoms with Gasteiger partial charge in [-0.15, -0.1) is 0 Å². The predicted molar refractivity (Wildman–Crippen MR) is 89.3 cm³/mol. The van der Waals surface area contributed by atoms with Crippen LogP contribution in [0.25, 0.3) is 0 Å². The van der Waals surface area contributed by atoms with Crippen LogP contribution in [0, 0.1) is 10.1 Å². The fraction of sp³-hybridized carbons (Fsp3) is 0.529. The van der Waals surface area contributed by atoms with E-state index in [2.05, 4.69) is 0 Å². The first-order chi connectivity index (χ1) is 12.1. The number of carboxylic acid groups (broad SMARTS) is 1. The number of carboxylic acids is 1. The van der Waals surface area contributed by atoms with Crippen LogP contribution in [0.4, 0.5) is 10.5 Å². The predicted octanol–water partition coefficient (Wildman–Crippen LogP) is -0.479. The molecule has 9 heteroatoms. The summed E-state index contributed by atoms with van der Waals surface area (Å²) in [5.41, 5.74) is -0.749. The highest BCUT2D eigenvalue weighted by molar-refractivity contribution is 5.74. The van der Waals surface area contributed by atoms with Crippen molar-refractivity contribution < 1.29 is 29.3 Å². The Morgan fingerprint density at radius 2 is 1.81 bits per heavy atom. The van der Waals surface area contributed by atoms with E-state index in [4.69, 9.17) is 4.74 Å². The Morgan fingerprint density at radius 1 is 1.23 bits per heavy atom. The van der Waals surface area contributed by atoms with Crippen molar-refractivity contribution in [3.63, 3.8) is 0 Å². The number of piperazine rings is 1. The zero-order valence-electron chi connectivity index (χ0n) is 15.1. The highest BCUT2D eigenvalue weighted by Gasteiger charge is 2.35. The van der Waals surface area contributed by atoms with E-state index in [0.29, 0.717) is 31.1 Å². The van der Waals surface area contributed by atoms with Crippen molar-refractivity contribution in [2.24, 2.45) is 0 Å². The van der Waals surface area contributed by atoms with Crippen LogP contribution in [0.5, 0.6) is 0 Å². The van der Waals surface area contributed by atoms with Crippen molar-refractivity contribution in [2.75, 3.05) is 26.2 Å². The number of nitrogens with zero attached hydrogens (tertiary/aromatic N) is 2. The van der Waals surface area contributed by atoms with Crippen LogP contribution in [-0.4, -0.2) is 53.7 Å². The third kappa shape index (κ3) is 4.69. The maximum atomic E-state index is 12.1. The van der Waals surface area contributed by atoms with E-state index in [1.807, 2.05) is 0 Å². The van der Waals surface area contributed by atoms with Gasteiger partial charge in [0.1, 0.15) is 11.6 Å². The minimum absolute atomic E-state index is 0.109. The van der Waals surface area contributed by atoms with Crippen molar-refractivity contribution in [1.82, 2.24) is 4.90 Å². The number of ether oxygens (including phenoxy) is 1. The van der Waals surface area contributed by atoms with Crippen molar-refractivity contribution in [2.45, 2.75) is 32.4 Å². The fourth-order valence-electron chi connectivity index (χ4n) is 3.00. The van der Waals surface area contributed by atoms with Crippen LogP contribution in [0.3, 0.4) is 0 Å². The molecule has 0 aromatic heterocycles. The lowest BCUT2D eigenvalue weighted by Crippen LogP contribution is -3.16. The number of nitro groups is 1. The lowest BCUT2D eigenvalue weighted by Gasteiger charge is -2.37. The highest BCUT2D eigenvalue weighted by Crippen LogP contribution is 2.23. The molecule has 142 valence electrons. The summed E-state index contributed by atoms with van der Waals surface area (Å²) in [5.74, 6) is -1.37. The maximum absolute atomic E-state index is 12.1. The Bertz CT molecular complexity index is 692. The summed E-state index contributed by atoms with van der Waals surface area (Å²) in [7, 11) is 0. The largest absolute Gasteiger partial charge is 0.544 e. The number of aliphatic carboxylic acids is 1. The monoisotopic (exact) mass is 365 g/mol. The number of hydrogen-bond donors (Lipinski definition) is 1. The molecular weight excluding hydrogens is 342 g/mol. The highest BCUT2D eigenvalue weighted by atomic mass is 16.6. The second-order valence-electron chi connectivity index (χ2n) is 7.19. The molecule has 0 saturated carbocycles. The van der Waals surface area contributed by atoms with Crippen molar-refractivity contribution in [1.29, 1.82) is 0 Å². The maximum Gasteiger partial charge on any atom is 0.410 e. The Hall–Kier alpha value is -2.68. The van der Waals surface area contributed by atoms with E-state index >= 15 is 0 Å². The molecule has 1 amide bonds. The van der Waals surface area contributed by atoms with Crippen LogP contribution in [0.1, 0.15) is 32.4 Å². The molecule has 0 unspecified atom stereocenters. The van der Waals surface area contributed by atoms with E-state index in [9.17, 15) is 24.8 Å². The van der Waals surface area contributed by atoms with Crippen molar-refractivity contribution in [3.05, 3.63) is 39.9 Å². The zero-order chi connectivity index (χ0) is 19.5. The van der Waals surface area contributed by atoms with Crippen LogP contribution >= 0.6 is 0 Å². The van der Waals surface area contributed by atoms with E-state index in [1.165, 1.54) is 23.1 Å². The van der Waals surface area contributed by atoms with Gasteiger partial charge in [0.15, 0.2) is 6.04 Å².